The summed E-state index contributed by atoms with van der Waals surface area (Å²) in [6.07, 6.45) is 4.28. The molecule has 35 heavy (non-hydrogen) atoms. The number of imidazole rings is 1. The largest absolute Gasteiger partial charge is 0.495 e. The highest BCUT2D eigenvalue weighted by Crippen LogP contribution is 2.26. The first kappa shape index (κ1) is 23.0. The Hall–Kier alpha value is -3.75. The summed E-state index contributed by atoms with van der Waals surface area (Å²) in [4.78, 5) is 20.6. The van der Waals surface area contributed by atoms with Crippen LogP contribution in [0, 0.1) is 0 Å². The number of aromatic nitrogens is 2. The average Bonchev–Trinajstić information content (AvgIpc) is 3.61. The van der Waals surface area contributed by atoms with Gasteiger partial charge in [0.1, 0.15) is 11.5 Å². The number of carbonyl (C=O) groups is 1. The molecule has 1 N–H and O–H groups in total. The van der Waals surface area contributed by atoms with Gasteiger partial charge in [0.25, 0.3) is 0 Å². The lowest BCUT2D eigenvalue weighted by Crippen LogP contribution is -2.36. The third-order valence-corrected chi connectivity index (χ3v) is 6.76. The van der Waals surface area contributed by atoms with E-state index in [1.54, 1.807) is 29.6 Å². The van der Waals surface area contributed by atoms with Crippen LogP contribution in [0.1, 0.15) is 11.5 Å². The van der Waals surface area contributed by atoms with Gasteiger partial charge in [0, 0.05) is 40.8 Å². The van der Waals surface area contributed by atoms with Crippen LogP contribution in [0.5, 0.6) is 5.75 Å². The van der Waals surface area contributed by atoms with Crippen molar-refractivity contribution in [2.75, 3.05) is 19.0 Å². The normalized spacial score (nSPS) is 11.0. The number of halogens is 1. The number of thiazole rings is 1. The number of methoxy groups -OCH3 is 1. The second kappa shape index (κ2) is 10.2. The van der Waals surface area contributed by atoms with Crippen molar-refractivity contribution in [1.82, 2.24) is 14.3 Å². The van der Waals surface area contributed by atoms with Crippen LogP contribution in [0.15, 0.2) is 82.9 Å². The second-order valence-electron chi connectivity index (χ2n) is 7.89. The van der Waals surface area contributed by atoms with E-state index in [4.69, 9.17) is 25.7 Å². The van der Waals surface area contributed by atoms with E-state index in [9.17, 15) is 4.79 Å². The Bertz CT molecular complexity index is 1430. The second-order valence-corrected chi connectivity index (χ2v) is 9.17. The Kier molecular flexibility index (Phi) is 6.74. The van der Waals surface area contributed by atoms with Crippen molar-refractivity contribution in [1.29, 1.82) is 0 Å². The van der Waals surface area contributed by atoms with Crippen molar-refractivity contribution in [3.63, 3.8) is 0 Å². The zero-order valence-electron chi connectivity index (χ0n) is 19.0. The maximum absolute atomic E-state index is 13.2. The fraction of sp³-hybridized carbons (Fsp3) is 0.154. The standard InChI is InChI=1S/C26H23ClN4O3S/c1-33-24-7-3-2-6-22(24)28-25(32)30(15-21-5-4-14-34-21)13-12-20-17-35-26-29-23(16-31(20)26)18-8-10-19(27)11-9-18/h2-11,14,16-17H,12-13,15H2,1H3,(H,28,32). The molecular weight excluding hydrogens is 484 g/mol. The highest BCUT2D eigenvalue weighted by molar-refractivity contribution is 7.15. The first-order valence-corrected chi connectivity index (χ1v) is 12.3. The molecule has 7 nitrogen and oxygen atoms in total. The van der Waals surface area contributed by atoms with Crippen molar-refractivity contribution in [2.24, 2.45) is 0 Å². The summed E-state index contributed by atoms with van der Waals surface area (Å²) >= 11 is 7.60. The van der Waals surface area contributed by atoms with Crippen molar-refractivity contribution >= 4 is 39.6 Å². The summed E-state index contributed by atoms with van der Waals surface area (Å²) < 4.78 is 13.0. The van der Waals surface area contributed by atoms with Crippen LogP contribution in [0.3, 0.4) is 0 Å². The molecule has 0 saturated heterocycles. The van der Waals surface area contributed by atoms with Gasteiger partial charge in [-0.2, -0.15) is 0 Å². The molecule has 3 heterocycles. The quantitative estimate of drug-likeness (QED) is 0.257. The van der Waals surface area contributed by atoms with Crippen LogP contribution in [-0.2, 0) is 13.0 Å². The van der Waals surface area contributed by atoms with Crippen LogP contribution in [-0.4, -0.2) is 34.0 Å². The van der Waals surface area contributed by atoms with Gasteiger partial charge in [-0.05, 0) is 36.4 Å². The Morgan fingerprint density at radius 3 is 2.77 bits per heavy atom. The van der Waals surface area contributed by atoms with Gasteiger partial charge in [-0.3, -0.25) is 4.40 Å². The van der Waals surface area contributed by atoms with E-state index < -0.39 is 0 Å². The van der Waals surface area contributed by atoms with Crippen molar-refractivity contribution in [3.05, 3.63) is 95.0 Å². The number of fused-ring (bicyclic) bond motifs is 1. The number of hydrogen-bond donors (Lipinski definition) is 1. The molecule has 0 spiro atoms. The first-order valence-electron chi connectivity index (χ1n) is 11.0. The third kappa shape index (κ3) is 5.18. The molecule has 0 fully saturated rings. The topological polar surface area (TPSA) is 72.0 Å². The van der Waals surface area contributed by atoms with Gasteiger partial charge < -0.3 is 19.4 Å². The van der Waals surface area contributed by atoms with E-state index in [1.807, 2.05) is 66.9 Å². The first-order chi connectivity index (χ1) is 17.1. The summed E-state index contributed by atoms with van der Waals surface area (Å²) in [5.74, 6) is 1.31. The molecule has 5 rings (SSSR count). The molecule has 2 aromatic carbocycles. The van der Waals surface area contributed by atoms with E-state index in [0.717, 1.165) is 21.9 Å². The van der Waals surface area contributed by atoms with Crippen LogP contribution >= 0.6 is 22.9 Å². The van der Waals surface area contributed by atoms with E-state index in [-0.39, 0.29) is 6.03 Å². The van der Waals surface area contributed by atoms with Gasteiger partial charge in [0.2, 0.25) is 0 Å². The SMILES string of the molecule is COc1ccccc1NC(=O)N(CCc1csc2nc(-c3ccc(Cl)cc3)cn12)Cc1ccco1. The summed E-state index contributed by atoms with van der Waals surface area (Å²) in [5.41, 5.74) is 3.58. The number of rotatable bonds is 8. The van der Waals surface area contributed by atoms with Gasteiger partial charge in [0.15, 0.2) is 4.96 Å². The number of ether oxygens (including phenoxy) is 1. The Labute approximate surface area is 211 Å². The fourth-order valence-electron chi connectivity index (χ4n) is 3.80. The molecule has 0 aliphatic heterocycles. The van der Waals surface area contributed by atoms with Crippen molar-refractivity contribution < 1.29 is 13.9 Å². The van der Waals surface area contributed by atoms with Crippen LogP contribution < -0.4 is 10.1 Å². The minimum atomic E-state index is -0.232. The molecule has 3 aromatic heterocycles. The average molecular weight is 507 g/mol. The Morgan fingerprint density at radius 1 is 1.17 bits per heavy atom. The zero-order chi connectivity index (χ0) is 24.2. The number of nitrogens with one attached hydrogen (secondary N) is 1. The predicted molar refractivity (Wildman–Crippen MR) is 138 cm³/mol. The zero-order valence-corrected chi connectivity index (χ0v) is 20.6. The van der Waals surface area contributed by atoms with E-state index in [0.29, 0.717) is 41.7 Å². The van der Waals surface area contributed by atoms with E-state index >= 15 is 0 Å². The number of hydrogen-bond acceptors (Lipinski definition) is 5. The molecule has 5 aromatic rings. The fourth-order valence-corrected chi connectivity index (χ4v) is 4.84. The molecule has 0 atom stereocenters. The van der Waals surface area contributed by atoms with Gasteiger partial charge in [-0.1, -0.05) is 35.9 Å². The summed E-state index contributed by atoms with van der Waals surface area (Å²) in [5, 5.41) is 5.74. The highest BCUT2D eigenvalue weighted by atomic mass is 35.5. The van der Waals surface area contributed by atoms with Gasteiger partial charge in [-0.25, -0.2) is 9.78 Å². The molecule has 9 heteroatoms. The molecule has 0 radical (unpaired) electrons. The minimum Gasteiger partial charge on any atom is -0.495 e. The number of para-hydroxylation sites is 2. The number of nitrogens with zero attached hydrogens (tertiary/aromatic N) is 3. The number of anilines is 1. The number of furan rings is 1. The van der Waals surface area contributed by atoms with Gasteiger partial charge in [-0.15, -0.1) is 11.3 Å². The molecule has 0 unspecified atom stereocenters. The van der Waals surface area contributed by atoms with Crippen molar-refractivity contribution in [3.8, 4) is 17.0 Å². The lowest BCUT2D eigenvalue weighted by Gasteiger charge is -2.22. The van der Waals surface area contributed by atoms with Crippen LogP contribution in [0.2, 0.25) is 5.02 Å². The lowest BCUT2D eigenvalue weighted by atomic mass is 10.2. The molecule has 0 saturated carbocycles. The number of carbonyl (C=O) groups excluding carboxylic acids is 1. The Balaban J connectivity index is 1.34. The van der Waals surface area contributed by atoms with Crippen LogP contribution in [0.4, 0.5) is 10.5 Å². The van der Waals surface area contributed by atoms with Crippen LogP contribution in [0.25, 0.3) is 16.2 Å². The number of benzene rings is 2. The molecule has 0 aliphatic rings. The summed E-state index contributed by atoms with van der Waals surface area (Å²) in [6.45, 7) is 0.836. The van der Waals surface area contributed by atoms with E-state index in [2.05, 4.69) is 15.1 Å². The molecule has 0 bridgehead atoms. The predicted octanol–water partition coefficient (Wildman–Crippen LogP) is 6.59. The maximum Gasteiger partial charge on any atom is 0.322 e. The van der Waals surface area contributed by atoms with E-state index in [1.165, 1.54) is 0 Å². The van der Waals surface area contributed by atoms with Gasteiger partial charge >= 0.3 is 6.03 Å². The lowest BCUT2D eigenvalue weighted by molar-refractivity contribution is 0.204. The smallest absolute Gasteiger partial charge is 0.322 e. The maximum atomic E-state index is 13.2. The molecule has 178 valence electrons. The number of amides is 2. The summed E-state index contributed by atoms with van der Waals surface area (Å²) in [7, 11) is 1.58. The number of urea groups is 1. The molecule has 2 amide bonds. The Morgan fingerprint density at radius 2 is 2.00 bits per heavy atom. The summed E-state index contributed by atoms with van der Waals surface area (Å²) in [6, 6.07) is 18.4. The third-order valence-electron chi connectivity index (χ3n) is 5.62. The molecule has 0 aliphatic carbocycles. The highest BCUT2D eigenvalue weighted by Gasteiger charge is 2.18. The minimum absolute atomic E-state index is 0.232. The van der Waals surface area contributed by atoms with Gasteiger partial charge in [0.05, 0.1) is 31.3 Å². The monoisotopic (exact) mass is 506 g/mol. The van der Waals surface area contributed by atoms with Crippen molar-refractivity contribution in [2.45, 2.75) is 13.0 Å². The molecular formula is C26H23ClN4O3S.